The summed E-state index contributed by atoms with van der Waals surface area (Å²) in [6, 6.07) is 10.5. The van der Waals surface area contributed by atoms with Crippen LogP contribution >= 0.6 is 0 Å². The number of aryl methyl sites for hydroxylation is 1. The maximum absolute atomic E-state index is 13.4. The molecule has 0 saturated heterocycles. The van der Waals surface area contributed by atoms with E-state index in [4.69, 9.17) is 14.2 Å². The quantitative estimate of drug-likeness (QED) is 0.333. The van der Waals surface area contributed by atoms with Gasteiger partial charge in [0.05, 0.1) is 32.2 Å². The lowest BCUT2D eigenvalue weighted by atomic mass is 10.0. The Hall–Kier alpha value is -4.28. The highest BCUT2D eigenvalue weighted by atomic mass is 16.5. The molecule has 1 aliphatic heterocycles. The first-order valence-corrected chi connectivity index (χ1v) is 15.3. The van der Waals surface area contributed by atoms with Gasteiger partial charge in [-0.25, -0.2) is 0 Å². The molecule has 11 nitrogen and oxygen atoms in total. The molecule has 0 bridgehead atoms. The summed E-state index contributed by atoms with van der Waals surface area (Å²) in [6.45, 7) is 9.46. The molecule has 44 heavy (non-hydrogen) atoms. The topological polar surface area (TPSA) is 135 Å². The Labute approximate surface area is 260 Å². The molecule has 0 fully saturated rings. The molecule has 2 aromatic carbocycles. The van der Waals surface area contributed by atoms with Crippen molar-refractivity contribution in [1.29, 1.82) is 0 Å². The minimum atomic E-state index is -1.17. The van der Waals surface area contributed by atoms with Gasteiger partial charge in [-0.3, -0.25) is 19.2 Å². The van der Waals surface area contributed by atoms with Crippen molar-refractivity contribution in [3.8, 4) is 17.2 Å². The van der Waals surface area contributed by atoms with E-state index >= 15 is 0 Å². The Kier molecular flexibility index (Phi) is 13.3. The number of amides is 4. The van der Waals surface area contributed by atoms with Crippen LogP contribution in [-0.2, 0) is 20.8 Å². The molecule has 0 spiro atoms. The van der Waals surface area contributed by atoms with Crippen LogP contribution in [0.3, 0.4) is 0 Å². The van der Waals surface area contributed by atoms with Crippen molar-refractivity contribution in [3.05, 3.63) is 53.6 Å². The minimum absolute atomic E-state index is 0.138. The van der Waals surface area contributed by atoms with Gasteiger partial charge in [0, 0.05) is 13.1 Å². The van der Waals surface area contributed by atoms with Crippen LogP contribution < -0.4 is 30.2 Å². The summed E-state index contributed by atoms with van der Waals surface area (Å²) >= 11 is 0. The third-order valence-electron chi connectivity index (χ3n) is 7.26. The van der Waals surface area contributed by atoms with Gasteiger partial charge in [-0.05, 0) is 68.9 Å². The number of ether oxygens (including phenoxy) is 3. The highest BCUT2D eigenvalue weighted by Crippen LogP contribution is 2.28. The fourth-order valence-corrected chi connectivity index (χ4v) is 5.04. The van der Waals surface area contributed by atoms with Crippen molar-refractivity contribution in [1.82, 2.24) is 20.9 Å². The standard InChI is InChI=1S/C33H46N4O7/c1-6-37-17-18-44-27-13-9-8-12-24(27)31(39)36-25(21-30(38)35-26(33(37)41)19-22(3)4)32(40)34-16-10-11-23-14-15-28(43-7-2)29(20-23)42-5/h8-9,12-15,20,22,25-26H,6-7,10-11,16-19,21H2,1-5H3,(H,34,40)(H,35,38)(H,36,39)/t25-,26-/m0/s1. The average molecular weight is 611 g/mol. The van der Waals surface area contributed by atoms with Gasteiger partial charge in [-0.2, -0.15) is 0 Å². The molecule has 0 radical (unpaired) electrons. The van der Waals surface area contributed by atoms with E-state index in [0.717, 1.165) is 5.56 Å². The third-order valence-corrected chi connectivity index (χ3v) is 7.26. The van der Waals surface area contributed by atoms with Crippen LogP contribution in [0.1, 0.15) is 62.9 Å². The van der Waals surface area contributed by atoms with Crippen LogP contribution in [0.25, 0.3) is 0 Å². The van der Waals surface area contributed by atoms with Gasteiger partial charge in [0.15, 0.2) is 11.5 Å². The van der Waals surface area contributed by atoms with Crippen molar-refractivity contribution < 1.29 is 33.4 Å². The lowest BCUT2D eigenvalue weighted by Gasteiger charge is -2.29. The van der Waals surface area contributed by atoms with Crippen LogP contribution in [0.4, 0.5) is 0 Å². The van der Waals surface area contributed by atoms with Gasteiger partial charge < -0.3 is 35.1 Å². The fraction of sp³-hybridized carbons (Fsp3) is 0.515. The predicted molar refractivity (Wildman–Crippen MR) is 167 cm³/mol. The third kappa shape index (κ3) is 9.89. The Balaban J connectivity index is 1.76. The minimum Gasteiger partial charge on any atom is -0.493 e. The smallest absolute Gasteiger partial charge is 0.255 e. The summed E-state index contributed by atoms with van der Waals surface area (Å²) in [5, 5.41) is 8.40. The molecule has 240 valence electrons. The molecule has 4 amide bonds. The van der Waals surface area contributed by atoms with E-state index in [1.54, 1.807) is 36.3 Å². The van der Waals surface area contributed by atoms with Crippen molar-refractivity contribution >= 4 is 23.6 Å². The van der Waals surface area contributed by atoms with Crippen LogP contribution in [0.2, 0.25) is 0 Å². The Morgan fingerprint density at radius 2 is 1.86 bits per heavy atom. The highest BCUT2D eigenvalue weighted by Gasteiger charge is 2.30. The maximum Gasteiger partial charge on any atom is 0.255 e. The lowest BCUT2D eigenvalue weighted by molar-refractivity contribution is -0.137. The van der Waals surface area contributed by atoms with Crippen molar-refractivity contribution in [2.45, 2.75) is 65.5 Å². The van der Waals surface area contributed by atoms with Gasteiger partial charge in [-0.1, -0.05) is 32.0 Å². The van der Waals surface area contributed by atoms with E-state index in [2.05, 4.69) is 16.0 Å². The highest BCUT2D eigenvalue weighted by molar-refractivity contribution is 6.01. The van der Waals surface area contributed by atoms with Crippen LogP contribution in [-0.4, -0.2) is 80.6 Å². The molecular weight excluding hydrogens is 564 g/mol. The zero-order valence-corrected chi connectivity index (χ0v) is 26.4. The summed E-state index contributed by atoms with van der Waals surface area (Å²) < 4.78 is 16.9. The molecule has 2 atom stereocenters. The first-order valence-electron chi connectivity index (χ1n) is 15.3. The number of benzene rings is 2. The fourth-order valence-electron chi connectivity index (χ4n) is 5.04. The maximum atomic E-state index is 13.4. The molecule has 2 aromatic rings. The largest absolute Gasteiger partial charge is 0.493 e. The number of nitrogens with zero attached hydrogens (tertiary/aromatic N) is 1. The van der Waals surface area contributed by atoms with Crippen molar-refractivity contribution in [3.63, 3.8) is 0 Å². The van der Waals surface area contributed by atoms with Crippen LogP contribution in [0, 0.1) is 5.92 Å². The van der Waals surface area contributed by atoms with E-state index in [-0.39, 0.29) is 30.4 Å². The lowest BCUT2D eigenvalue weighted by Crippen LogP contribution is -2.53. The van der Waals surface area contributed by atoms with Crippen molar-refractivity contribution in [2.75, 3.05) is 40.0 Å². The number of para-hydroxylation sites is 1. The zero-order chi connectivity index (χ0) is 32.1. The molecule has 11 heteroatoms. The van der Waals surface area contributed by atoms with E-state index in [0.29, 0.717) is 62.8 Å². The zero-order valence-electron chi connectivity index (χ0n) is 26.4. The first-order chi connectivity index (χ1) is 21.2. The molecule has 0 unspecified atom stereocenters. The Morgan fingerprint density at radius 1 is 1.09 bits per heavy atom. The number of hydrogen-bond donors (Lipinski definition) is 3. The van der Waals surface area contributed by atoms with Gasteiger partial charge in [0.2, 0.25) is 17.7 Å². The SMILES string of the molecule is CCOc1ccc(CCCNC(=O)[C@@H]2CC(=O)N[C@@H](CC(C)C)C(=O)N(CC)CCOc3ccccc3C(=O)N2)cc1OC. The van der Waals surface area contributed by atoms with Crippen LogP contribution in [0.5, 0.6) is 17.2 Å². The summed E-state index contributed by atoms with van der Waals surface area (Å²) in [6.07, 6.45) is 1.39. The molecule has 0 aromatic heterocycles. The second-order valence-electron chi connectivity index (χ2n) is 11.1. The Bertz CT molecular complexity index is 1280. The summed E-state index contributed by atoms with van der Waals surface area (Å²) in [7, 11) is 1.59. The predicted octanol–water partition coefficient (Wildman–Crippen LogP) is 3.10. The first kappa shape index (κ1) is 34.2. The Morgan fingerprint density at radius 3 is 2.57 bits per heavy atom. The van der Waals surface area contributed by atoms with E-state index in [9.17, 15) is 19.2 Å². The average Bonchev–Trinajstić information content (AvgIpc) is 3.00. The molecule has 1 aliphatic rings. The summed E-state index contributed by atoms with van der Waals surface area (Å²) in [4.78, 5) is 55.0. The normalized spacial score (nSPS) is 18.0. The number of hydrogen-bond acceptors (Lipinski definition) is 7. The molecular formula is C33H46N4O7. The van der Waals surface area contributed by atoms with E-state index in [1.165, 1.54) is 0 Å². The molecule has 0 aliphatic carbocycles. The number of carbonyl (C=O) groups excluding carboxylic acids is 4. The number of likely N-dealkylation sites (N-methyl/N-ethyl adjacent to an activating group) is 1. The summed E-state index contributed by atoms with van der Waals surface area (Å²) in [5.41, 5.74) is 1.25. The number of methoxy groups -OCH3 is 1. The monoisotopic (exact) mass is 610 g/mol. The molecule has 3 rings (SSSR count). The molecule has 3 N–H and O–H groups in total. The van der Waals surface area contributed by atoms with Gasteiger partial charge >= 0.3 is 0 Å². The van der Waals surface area contributed by atoms with Gasteiger partial charge in [-0.15, -0.1) is 0 Å². The number of carbonyl (C=O) groups is 4. The second-order valence-corrected chi connectivity index (χ2v) is 11.1. The number of nitrogens with one attached hydrogen (secondary N) is 3. The van der Waals surface area contributed by atoms with Gasteiger partial charge in [0.1, 0.15) is 24.4 Å². The van der Waals surface area contributed by atoms with Crippen LogP contribution in [0.15, 0.2) is 42.5 Å². The van der Waals surface area contributed by atoms with Crippen molar-refractivity contribution in [2.24, 2.45) is 5.92 Å². The molecule has 1 heterocycles. The van der Waals surface area contributed by atoms with E-state index < -0.39 is 29.8 Å². The summed E-state index contributed by atoms with van der Waals surface area (Å²) in [5.74, 6) is 0.0456. The van der Waals surface area contributed by atoms with E-state index in [1.807, 2.05) is 45.9 Å². The molecule has 0 saturated carbocycles. The second kappa shape index (κ2) is 17.1. The van der Waals surface area contributed by atoms with Gasteiger partial charge in [0.25, 0.3) is 5.91 Å². The number of rotatable bonds is 11. The number of fused-ring (bicyclic) bond motifs is 1.